The molecule has 0 aliphatic carbocycles. The number of hydrogen-bond donors (Lipinski definition) is 2. The zero-order valence-electron chi connectivity index (χ0n) is 11.4. The number of nitrogens with one attached hydrogen (secondary N) is 2. The summed E-state index contributed by atoms with van der Waals surface area (Å²) in [5, 5.41) is 7.33. The van der Waals surface area contributed by atoms with Gasteiger partial charge in [-0.3, -0.25) is 0 Å². The molecular formula is C15H12Cl2N4O. The molecule has 0 spiro atoms. The SMILES string of the molecule is Clc1ccc(Cl)c(Nc2nccc(NCc3ccco3)n2)c1. The van der Waals surface area contributed by atoms with Crippen LogP contribution in [0.25, 0.3) is 0 Å². The maximum atomic E-state index is 6.11. The van der Waals surface area contributed by atoms with Gasteiger partial charge in [0.2, 0.25) is 5.95 Å². The van der Waals surface area contributed by atoms with E-state index in [4.69, 9.17) is 27.6 Å². The van der Waals surface area contributed by atoms with Crippen LogP contribution >= 0.6 is 23.2 Å². The molecule has 2 heterocycles. The van der Waals surface area contributed by atoms with Crippen LogP contribution in [-0.4, -0.2) is 9.97 Å². The van der Waals surface area contributed by atoms with Gasteiger partial charge in [-0.15, -0.1) is 0 Å². The van der Waals surface area contributed by atoms with E-state index in [2.05, 4.69) is 20.6 Å². The highest BCUT2D eigenvalue weighted by Crippen LogP contribution is 2.27. The van der Waals surface area contributed by atoms with Gasteiger partial charge in [0.05, 0.1) is 23.5 Å². The van der Waals surface area contributed by atoms with E-state index in [1.54, 1.807) is 36.7 Å². The summed E-state index contributed by atoms with van der Waals surface area (Å²) in [4.78, 5) is 8.52. The number of anilines is 3. The molecule has 0 aliphatic heterocycles. The van der Waals surface area contributed by atoms with E-state index in [0.717, 1.165) is 5.76 Å². The van der Waals surface area contributed by atoms with Crippen molar-refractivity contribution in [1.29, 1.82) is 0 Å². The second-order valence-corrected chi connectivity index (χ2v) is 5.29. The largest absolute Gasteiger partial charge is 0.467 e. The second kappa shape index (κ2) is 6.68. The van der Waals surface area contributed by atoms with E-state index in [0.29, 0.717) is 34.0 Å². The molecule has 0 saturated heterocycles. The Morgan fingerprint density at radius 1 is 1.14 bits per heavy atom. The van der Waals surface area contributed by atoms with Gasteiger partial charge in [-0.05, 0) is 36.4 Å². The average Bonchev–Trinajstić information content (AvgIpc) is 3.03. The lowest BCUT2D eigenvalue weighted by atomic mass is 10.3. The van der Waals surface area contributed by atoms with Crippen molar-refractivity contribution < 1.29 is 4.42 Å². The third-order valence-electron chi connectivity index (χ3n) is 2.85. The molecule has 0 fully saturated rings. The minimum atomic E-state index is 0.425. The van der Waals surface area contributed by atoms with Crippen molar-refractivity contribution >= 4 is 40.7 Å². The Labute approximate surface area is 137 Å². The number of furan rings is 1. The number of halogens is 2. The summed E-state index contributed by atoms with van der Waals surface area (Å²) in [6.07, 6.45) is 3.28. The lowest BCUT2D eigenvalue weighted by Gasteiger charge is -2.09. The van der Waals surface area contributed by atoms with E-state index in [1.807, 2.05) is 12.1 Å². The third kappa shape index (κ3) is 3.69. The predicted octanol–water partition coefficient (Wildman–Crippen LogP) is 4.73. The summed E-state index contributed by atoms with van der Waals surface area (Å²) in [6, 6.07) is 10.6. The van der Waals surface area contributed by atoms with Crippen LogP contribution in [0, 0.1) is 0 Å². The molecule has 2 N–H and O–H groups in total. The Bertz CT molecular complexity index is 762. The van der Waals surface area contributed by atoms with Crippen molar-refractivity contribution in [3.05, 3.63) is 64.7 Å². The molecular weight excluding hydrogens is 323 g/mol. The molecule has 3 rings (SSSR count). The molecule has 0 saturated carbocycles. The van der Waals surface area contributed by atoms with Gasteiger partial charge in [0.25, 0.3) is 0 Å². The molecule has 112 valence electrons. The Morgan fingerprint density at radius 2 is 2.05 bits per heavy atom. The number of aromatic nitrogens is 2. The molecule has 1 aromatic carbocycles. The quantitative estimate of drug-likeness (QED) is 0.706. The topological polar surface area (TPSA) is 63.0 Å². The molecule has 2 aromatic heterocycles. The molecule has 0 amide bonds. The highest BCUT2D eigenvalue weighted by Gasteiger charge is 2.05. The van der Waals surface area contributed by atoms with E-state index >= 15 is 0 Å². The van der Waals surface area contributed by atoms with Crippen LogP contribution in [0.2, 0.25) is 10.0 Å². The summed E-state index contributed by atoms with van der Waals surface area (Å²) in [5.41, 5.74) is 0.650. The van der Waals surface area contributed by atoms with Crippen molar-refractivity contribution in [3.63, 3.8) is 0 Å². The van der Waals surface area contributed by atoms with E-state index in [9.17, 15) is 0 Å². The maximum absolute atomic E-state index is 6.11. The number of hydrogen-bond acceptors (Lipinski definition) is 5. The molecule has 3 aromatic rings. The Hall–Kier alpha value is -2.24. The smallest absolute Gasteiger partial charge is 0.229 e. The summed E-state index contributed by atoms with van der Waals surface area (Å²) < 4.78 is 5.26. The van der Waals surface area contributed by atoms with Gasteiger partial charge in [-0.1, -0.05) is 23.2 Å². The van der Waals surface area contributed by atoms with Crippen LogP contribution in [0.15, 0.2) is 53.3 Å². The number of rotatable bonds is 5. The van der Waals surface area contributed by atoms with Gasteiger partial charge in [-0.25, -0.2) is 4.98 Å². The average molecular weight is 335 g/mol. The number of benzene rings is 1. The molecule has 7 heteroatoms. The van der Waals surface area contributed by atoms with E-state index < -0.39 is 0 Å². The zero-order chi connectivity index (χ0) is 15.4. The van der Waals surface area contributed by atoms with Crippen LogP contribution in [0.1, 0.15) is 5.76 Å². The first kappa shape index (κ1) is 14.7. The first-order valence-corrected chi connectivity index (χ1v) is 7.28. The van der Waals surface area contributed by atoms with Gasteiger partial charge >= 0.3 is 0 Å². The fourth-order valence-corrected chi connectivity index (χ4v) is 2.16. The number of nitrogens with zero attached hydrogens (tertiary/aromatic N) is 2. The minimum Gasteiger partial charge on any atom is -0.467 e. The van der Waals surface area contributed by atoms with Crippen LogP contribution in [0.5, 0.6) is 0 Å². The zero-order valence-corrected chi connectivity index (χ0v) is 12.9. The van der Waals surface area contributed by atoms with Gasteiger partial charge in [-0.2, -0.15) is 4.98 Å². The highest BCUT2D eigenvalue weighted by atomic mass is 35.5. The highest BCUT2D eigenvalue weighted by molar-refractivity contribution is 6.35. The van der Waals surface area contributed by atoms with Crippen LogP contribution in [0.4, 0.5) is 17.5 Å². The van der Waals surface area contributed by atoms with Crippen molar-refractivity contribution in [2.24, 2.45) is 0 Å². The lowest BCUT2D eigenvalue weighted by molar-refractivity contribution is 0.518. The van der Waals surface area contributed by atoms with Crippen LogP contribution < -0.4 is 10.6 Å². The Balaban J connectivity index is 1.72. The van der Waals surface area contributed by atoms with Crippen molar-refractivity contribution in [2.45, 2.75) is 6.54 Å². The molecule has 0 bridgehead atoms. The fraction of sp³-hybridized carbons (Fsp3) is 0.0667. The molecule has 0 radical (unpaired) electrons. The molecule has 22 heavy (non-hydrogen) atoms. The summed E-state index contributed by atoms with van der Waals surface area (Å²) in [7, 11) is 0. The first-order chi connectivity index (χ1) is 10.7. The van der Waals surface area contributed by atoms with Crippen molar-refractivity contribution in [3.8, 4) is 0 Å². The first-order valence-electron chi connectivity index (χ1n) is 6.52. The fourth-order valence-electron chi connectivity index (χ4n) is 1.82. The molecule has 5 nitrogen and oxygen atoms in total. The normalized spacial score (nSPS) is 10.5. The van der Waals surface area contributed by atoms with E-state index in [1.165, 1.54) is 0 Å². The van der Waals surface area contributed by atoms with Gasteiger partial charge in [0, 0.05) is 11.2 Å². The van der Waals surface area contributed by atoms with Gasteiger partial charge in [0.15, 0.2) is 0 Å². The summed E-state index contributed by atoms with van der Waals surface area (Å²) >= 11 is 12.1. The Kier molecular flexibility index (Phi) is 4.46. The monoisotopic (exact) mass is 334 g/mol. The maximum Gasteiger partial charge on any atom is 0.229 e. The van der Waals surface area contributed by atoms with E-state index in [-0.39, 0.29) is 0 Å². The van der Waals surface area contributed by atoms with Crippen molar-refractivity contribution in [2.75, 3.05) is 10.6 Å². The van der Waals surface area contributed by atoms with Crippen molar-refractivity contribution in [1.82, 2.24) is 9.97 Å². The Morgan fingerprint density at radius 3 is 2.86 bits per heavy atom. The molecule has 0 atom stereocenters. The molecule has 0 aliphatic rings. The minimum absolute atomic E-state index is 0.425. The second-order valence-electron chi connectivity index (χ2n) is 4.45. The predicted molar refractivity (Wildman–Crippen MR) is 87.8 cm³/mol. The lowest BCUT2D eigenvalue weighted by Crippen LogP contribution is -2.03. The van der Waals surface area contributed by atoms with Crippen LogP contribution in [-0.2, 0) is 6.54 Å². The van der Waals surface area contributed by atoms with Crippen LogP contribution in [0.3, 0.4) is 0 Å². The van der Waals surface area contributed by atoms with Gasteiger partial charge < -0.3 is 15.1 Å². The molecule has 0 unspecified atom stereocenters. The third-order valence-corrected chi connectivity index (χ3v) is 3.42. The summed E-state index contributed by atoms with van der Waals surface area (Å²) in [6.45, 7) is 0.543. The standard InChI is InChI=1S/C15H12Cl2N4O/c16-10-3-4-12(17)13(8-10)20-15-18-6-5-14(21-15)19-9-11-2-1-7-22-11/h1-8H,9H2,(H2,18,19,20,21). The summed E-state index contributed by atoms with van der Waals surface area (Å²) in [5.74, 6) is 1.92. The van der Waals surface area contributed by atoms with Gasteiger partial charge in [0.1, 0.15) is 11.6 Å².